The number of aryl methyl sites for hydroxylation is 1. The van der Waals surface area contributed by atoms with Crippen LogP contribution < -0.4 is 0 Å². The zero-order valence-corrected chi connectivity index (χ0v) is 16.2. The maximum Gasteiger partial charge on any atom is 0.253 e. The molecule has 26 heavy (non-hydrogen) atoms. The molecule has 0 aliphatic carbocycles. The molecule has 1 fully saturated rings. The molecule has 0 aromatic heterocycles. The molecule has 2 aromatic carbocycles. The van der Waals surface area contributed by atoms with E-state index in [9.17, 15) is 9.90 Å². The summed E-state index contributed by atoms with van der Waals surface area (Å²) in [6, 6.07) is 18.2. The topological polar surface area (TPSA) is 40.5 Å². The maximum atomic E-state index is 12.9. The zero-order chi connectivity index (χ0) is 18.4. The molecule has 138 valence electrons. The summed E-state index contributed by atoms with van der Waals surface area (Å²) in [5.41, 5.74) is 1.83. The lowest BCUT2D eigenvalue weighted by Gasteiger charge is -2.42. The summed E-state index contributed by atoms with van der Waals surface area (Å²) in [5.74, 6) is 0.0786. The van der Waals surface area contributed by atoms with E-state index < -0.39 is 0 Å². The predicted molar refractivity (Wildman–Crippen MR) is 108 cm³/mol. The summed E-state index contributed by atoms with van der Waals surface area (Å²) in [6.07, 6.45) is 5.80. The number of amides is 1. The first-order valence-electron chi connectivity index (χ1n) is 9.24. The first-order chi connectivity index (χ1) is 12.7. The molecule has 1 aliphatic heterocycles. The van der Waals surface area contributed by atoms with Crippen LogP contribution in [-0.4, -0.2) is 41.9 Å². The largest absolute Gasteiger partial charge is 0.396 e. The molecule has 0 radical (unpaired) electrons. The van der Waals surface area contributed by atoms with Gasteiger partial charge in [0.15, 0.2) is 0 Å². The van der Waals surface area contributed by atoms with E-state index in [0.717, 1.165) is 42.7 Å². The summed E-state index contributed by atoms with van der Waals surface area (Å²) < 4.78 is 0. The number of aliphatic hydroxyl groups is 1. The van der Waals surface area contributed by atoms with Gasteiger partial charge in [-0.05, 0) is 61.8 Å². The molecule has 1 unspecified atom stereocenters. The Kier molecular flexibility index (Phi) is 6.38. The minimum Gasteiger partial charge on any atom is -0.396 e. The van der Waals surface area contributed by atoms with Crippen LogP contribution in [-0.2, 0) is 6.42 Å². The molecule has 0 bridgehead atoms. The van der Waals surface area contributed by atoms with Crippen LogP contribution in [0.25, 0.3) is 0 Å². The predicted octanol–water partition coefficient (Wildman–Crippen LogP) is 4.26. The van der Waals surface area contributed by atoms with Crippen LogP contribution in [0.5, 0.6) is 0 Å². The van der Waals surface area contributed by atoms with Gasteiger partial charge in [-0.3, -0.25) is 4.79 Å². The number of thioether (sulfide) groups is 1. The number of piperidine rings is 1. The Labute approximate surface area is 160 Å². The Balaban J connectivity index is 1.68. The van der Waals surface area contributed by atoms with Crippen molar-refractivity contribution in [3.05, 3.63) is 65.7 Å². The Morgan fingerprint density at radius 1 is 1.15 bits per heavy atom. The van der Waals surface area contributed by atoms with E-state index >= 15 is 0 Å². The number of hydrogen-bond donors (Lipinski definition) is 1. The highest BCUT2D eigenvalue weighted by molar-refractivity contribution is 7.98. The molecule has 1 aliphatic rings. The van der Waals surface area contributed by atoms with Gasteiger partial charge in [0.1, 0.15) is 0 Å². The quantitative estimate of drug-likeness (QED) is 0.774. The Morgan fingerprint density at radius 3 is 2.54 bits per heavy atom. The summed E-state index contributed by atoms with van der Waals surface area (Å²) in [7, 11) is 0. The maximum absolute atomic E-state index is 12.9. The number of likely N-dealkylation sites (tertiary alicyclic amines) is 1. The van der Waals surface area contributed by atoms with Gasteiger partial charge >= 0.3 is 0 Å². The summed E-state index contributed by atoms with van der Waals surface area (Å²) in [5, 5.41) is 10.1. The first-order valence-corrected chi connectivity index (χ1v) is 10.5. The van der Waals surface area contributed by atoms with Crippen molar-refractivity contribution in [2.45, 2.75) is 30.6 Å². The Bertz CT molecular complexity index is 717. The van der Waals surface area contributed by atoms with E-state index in [1.807, 2.05) is 41.5 Å². The van der Waals surface area contributed by atoms with Gasteiger partial charge in [-0.2, -0.15) is 0 Å². The normalized spacial score (nSPS) is 20.2. The third-order valence-electron chi connectivity index (χ3n) is 5.41. The highest BCUT2D eigenvalue weighted by Gasteiger charge is 2.36. The van der Waals surface area contributed by atoms with Gasteiger partial charge in [0, 0.05) is 29.0 Å². The lowest BCUT2D eigenvalue weighted by molar-refractivity contribution is 0.0228. The lowest BCUT2D eigenvalue weighted by Crippen LogP contribution is -2.48. The smallest absolute Gasteiger partial charge is 0.253 e. The highest BCUT2D eigenvalue weighted by atomic mass is 32.2. The third-order valence-corrected chi connectivity index (χ3v) is 6.15. The van der Waals surface area contributed by atoms with E-state index in [4.69, 9.17) is 0 Å². The van der Waals surface area contributed by atoms with Crippen molar-refractivity contribution in [1.29, 1.82) is 0 Å². The van der Waals surface area contributed by atoms with Crippen LogP contribution >= 0.6 is 11.8 Å². The molecule has 1 saturated heterocycles. The molecule has 1 N–H and O–H groups in total. The second-order valence-electron chi connectivity index (χ2n) is 7.20. The van der Waals surface area contributed by atoms with E-state index in [2.05, 4.69) is 24.3 Å². The standard InChI is InChI=1S/C22H27NO2S/c1-26-20-10-8-19(9-11-20)21(25)23-15-5-13-22(16-23,17-24)14-12-18-6-3-2-4-7-18/h2-4,6-11,24H,5,12-17H2,1H3. The van der Waals surface area contributed by atoms with Crippen molar-refractivity contribution < 1.29 is 9.90 Å². The minimum atomic E-state index is -0.192. The van der Waals surface area contributed by atoms with E-state index in [-0.39, 0.29) is 17.9 Å². The van der Waals surface area contributed by atoms with Crippen molar-refractivity contribution in [3.63, 3.8) is 0 Å². The number of rotatable bonds is 6. The lowest BCUT2D eigenvalue weighted by atomic mass is 9.76. The molecule has 1 heterocycles. The average Bonchev–Trinajstić information content (AvgIpc) is 2.73. The molecule has 3 nitrogen and oxygen atoms in total. The van der Waals surface area contributed by atoms with Crippen molar-refractivity contribution in [1.82, 2.24) is 4.90 Å². The fraction of sp³-hybridized carbons (Fsp3) is 0.409. The highest BCUT2D eigenvalue weighted by Crippen LogP contribution is 2.35. The summed E-state index contributed by atoms with van der Waals surface area (Å²) in [6.45, 7) is 1.55. The van der Waals surface area contributed by atoms with Gasteiger partial charge < -0.3 is 10.0 Å². The van der Waals surface area contributed by atoms with Crippen LogP contribution in [0.4, 0.5) is 0 Å². The number of benzene rings is 2. The van der Waals surface area contributed by atoms with Crippen LogP contribution in [0.2, 0.25) is 0 Å². The molecule has 3 rings (SSSR count). The monoisotopic (exact) mass is 369 g/mol. The second-order valence-corrected chi connectivity index (χ2v) is 8.08. The molecule has 0 spiro atoms. The molecule has 2 aromatic rings. The van der Waals surface area contributed by atoms with Gasteiger partial charge in [0.25, 0.3) is 5.91 Å². The molecular weight excluding hydrogens is 342 g/mol. The van der Waals surface area contributed by atoms with E-state index in [1.54, 1.807) is 11.8 Å². The van der Waals surface area contributed by atoms with Crippen LogP contribution in [0.3, 0.4) is 0 Å². The van der Waals surface area contributed by atoms with E-state index in [1.165, 1.54) is 5.56 Å². The number of aliphatic hydroxyl groups excluding tert-OH is 1. The fourth-order valence-electron chi connectivity index (χ4n) is 3.76. The van der Waals surface area contributed by atoms with Gasteiger partial charge in [-0.15, -0.1) is 11.8 Å². The van der Waals surface area contributed by atoms with Crippen LogP contribution in [0, 0.1) is 5.41 Å². The summed E-state index contributed by atoms with van der Waals surface area (Å²) in [4.78, 5) is 16.0. The second kappa shape index (κ2) is 8.74. The number of hydrogen-bond acceptors (Lipinski definition) is 3. The molecule has 1 atom stereocenters. The number of carbonyl (C=O) groups is 1. The van der Waals surface area contributed by atoms with Crippen molar-refractivity contribution in [2.24, 2.45) is 5.41 Å². The van der Waals surface area contributed by atoms with Crippen molar-refractivity contribution >= 4 is 17.7 Å². The molecular formula is C22H27NO2S. The minimum absolute atomic E-state index is 0.0786. The number of carbonyl (C=O) groups excluding carboxylic acids is 1. The van der Waals surface area contributed by atoms with E-state index in [0.29, 0.717) is 6.54 Å². The third kappa shape index (κ3) is 4.49. The van der Waals surface area contributed by atoms with Crippen LogP contribution in [0.15, 0.2) is 59.5 Å². The van der Waals surface area contributed by atoms with Gasteiger partial charge in [-0.1, -0.05) is 30.3 Å². The fourth-order valence-corrected chi connectivity index (χ4v) is 4.17. The first kappa shape index (κ1) is 19.0. The SMILES string of the molecule is CSc1ccc(C(=O)N2CCCC(CO)(CCc3ccccc3)C2)cc1. The van der Waals surface area contributed by atoms with Crippen LogP contribution in [0.1, 0.15) is 35.2 Å². The Morgan fingerprint density at radius 2 is 1.88 bits per heavy atom. The summed E-state index contributed by atoms with van der Waals surface area (Å²) >= 11 is 1.67. The average molecular weight is 370 g/mol. The van der Waals surface area contributed by atoms with Crippen molar-refractivity contribution in [3.8, 4) is 0 Å². The molecule has 0 saturated carbocycles. The van der Waals surface area contributed by atoms with Gasteiger partial charge in [-0.25, -0.2) is 0 Å². The van der Waals surface area contributed by atoms with Gasteiger partial charge in [0.05, 0.1) is 6.61 Å². The number of nitrogens with zero attached hydrogens (tertiary/aromatic N) is 1. The zero-order valence-electron chi connectivity index (χ0n) is 15.4. The van der Waals surface area contributed by atoms with Crippen molar-refractivity contribution in [2.75, 3.05) is 26.0 Å². The molecule has 4 heteroatoms. The Hall–Kier alpha value is -1.78. The molecule has 1 amide bonds. The van der Waals surface area contributed by atoms with Gasteiger partial charge in [0.2, 0.25) is 0 Å².